The van der Waals surface area contributed by atoms with Crippen molar-refractivity contribution in [1.29, 1.82) is 0 Å². The van der Waals surface area contributed by atoms with E-state index in [-0.39, 0.29) is 12.2 Å². The molecule has 0 spiro atoms. The Morgan fingerprint density at radius 1 is 1.00 bits per heavy atom. The molecule has 0 aliphatic carbocycles. The first-order valence-corrected chi connectivity index (χ1v) is 9.95. The van der Waals surface area contributed by atoms with E-state index in [1.165, 1.54) is 23.5 Å². The second kappa shape index (κ2) is 8.04. The molecule has 0 fully saturated rings. The molecule has 5 nitrogen and oxygen atoms in total. The van der Waals surface area contributed by atoms with Crippen LogP contribution in [0.5, 0.6) is 23.0 Å². The minimum Gasteiger partial charge on any atom is -0.508 e. The molecule has 0 atom stereocenters. The third-order valence-electron chi connectivity index (χ3n) is 4.61. The summed E-state index contributed by atoms with van der Waals surface area (Å²) >= 11 is 1.34. The predicted molar refractivity (Wildman–Crippen MR) is 113 cm³/mol. The first-order chi connectivity index (χ1) is 14.4. The van der Waals surface area contributed by atoms with Crippen LogP contribution in [0.1, 0.15) is 12.0 Å². The van der Waals surface area contributed by atoms with Crippen LogP contribution < -0.4 is 4.74 Å². The molecule has 0 aliphatic rings. The number of phenolic OH excluding ortho intramolecular Hbond substituents is 2. The van der Waals surface area contributed by atoms with Gasteiger partial charge in [-0.3, -0.25) is 4.79 Å². The quantitative estimate of drug-likeness (QED) is 0.357. The molecule has 1 heterocycles. The van der Waals surface area contributed by atoms with Crippen molar-refractivity contribution in [3.63, 3.8) is 0 Å². The van der Waals surface area contributed by atoms with E-state index in [1.54, 1.807) is 48.5 Å². The van der Waals surface area contributed by atoms with E-state index in [9.17, 15) is 19.4 Å². The van der Waals surface area contributed by atoms with Crippen LogP contribution in [0.3, 0.4) is 0 Å². The van der Waals surface area contributed by atoms with E-state index < -0.39 is 17.5 Å². The van der Waals surface area contributed by atoms with Crippen molar-refractivity contribution in [2.24, 2.45) is 0 Å². The summed E-state index contributed by atoms with van der Waals surface area (Å²) in [5.74, 6) is -0.852. The van der Waals surface area contributed by atoms with Gasteiger partial charge in [-0.25, -0.2) is 4.39 Å². The van der Waals surface area contributed by atoms with E-state index in [4.69, 9.17) is 9.84 Å². The molecule has 152 valence electrons. The zero-order chi connectivity index (χ0) is 21.3. The van der Waals surface area contributed by atoms with Gasteiger partial charge in [0.2, 0.25) is 0 Å². The monoisotopic (exact) mass is 424 g/mol. The van der Waals surface area contributed by atoms with Crippen LogP contribution in [0.15, 0.2) is 60.7 Å². The highest BCUT2D eigenvalue weighted by Crippen LogP contribution is 2.47. The molecule has 4 aromatic rings. The van der Waals surface area contributed by atoms with Crippen molar-refractivity contribution in [3.8, 4) is 33.4 Å². The number of hydrogen-bond donors (Lipinski definition) is 3. The number of fused-ring (bicyclic) bond motifs is 1. The van der Waals surface area contributed by atoms with Crippen LogP contribution >= 0.6 is 11.3 Å². The molecule has 4 rings (SSSR count). The minimum absolute atomic E-state index is 0.0510. The number of carboxylic acids is 1. The zero-order valence-corrected chi connectivity index (χ0v) is 16.4. The van der Waals surface area contributed by atoms with Crippen LogP contribution in [0, 0.1) is 5.82 Å². The SMILES string of the molecule is O=C(O)CCc1ccc(Oc2c(-c3ccc(O)c(F)c3)sc3cc(O)ccc23)cc1. The summed E-state index contributed by atoms with van der Waals surface area (Å²) in [6, 6.07) is 16.1. The largest absolute Gasteiger partial charge is 0.508 e. The van der Waals surface area contributed by atoms with Gasteiger partial charge in [-0.2, -0.15) is 0 Å². The summed E-state index contributed by atoms with van der Waals surface area (Å²) in [5.41, 5.74) is 1.42. The Kier molecular flexibility index (Phi) is 5.29. The molecule has 0 radical (unpaired) electrons. The minimum atomic E-state index is -0.853. The lowest BCUT2D eigenvalue weighted by atomic mass is 10.1. The molecule has 0 saturated carbocycles. The molecule has 0 aliphatic heterocycles. The van der Waals surface area contributed by atoms with Crippen LogP contribution in [0.25, 0.3) is 20.5 Å². The highest BCUT2D eigenvalue weighted by atomic mass is 32.1. The van der Waals surface area contributed by atoms with Gasteiger partial charge in [0.25, 0.3) is 0 Å². The second-order valence-electron chi connectivity index (χ2n) is 6.75. The van der Waals surface area contributed by atoms with Gasteiger partial charge in [0.1, 0.15) is 11.5 Å². The number of benzene rings is 3. The van der Waals surface area contributed by atoms with Gasteiger partial charge >= 0.3 is 5.97 Å². The molecule has 0 bridgehead atoms. The second-order valence-corrected chi connectivity index (χ2v) is 7.80. The normalized spacial score (nSPS) is 11.0. The molecular weight excluding hydrogens is 407 g/mol. The first-order valence-electron chi connectivity index (χ1n) is 9.13. The zero-order valence-electron chi connectivity index (χ0n) is 15.6. The summed E-state index contributed by atoms with van der Waals surface area (Å²) < 4.78 is 20.9. The molecule has 30 heavy (non-hydrogen) atoms. The third-order valence-corrected chi connectivity index (χ3v) is 5.79. The predicted octanol–water partition coefficient (Wildman–Crippen LogP) is 5.93. The molecule has 1 aromatic heterocycles. The summed E-state index contributed by atoms with van der Waals surface area (Å²) in [6.45, 7) is 0. The number of carbonyl (C=O) groups is 1. The number of thiophene rings is 1. The number of aryl methyl sites for hydroxylation is 1. The van der Waals surface area contributed by atoms with Crippen molar-refractivity contribution in [1.82, 2.24) is 0 Å². The lowest BCUT2D eigenvalue weighted by Gasteiger charge is -2.09. The van der Waals surface area contributed by atoms with Crippen molar-refractivity contribution in [3.05, 3.63) is 72.0 Å². The maximum Gasteiger partial charge on any atom is 0.303 e. The summed E-state index contributed by atoms with van der Waals surface area (Å²) in [5, 5.41) is 28.9. The van der Waals surface area contributed by atoms with E-state index in [0.717, 1.165) is 15.6 Å². The van der Waals surface area contributed by atoms with Gasteiger partial charge in [-0.05, 0) is 66.1 Å². The van der Waals surface area contributed by atoms with Gasteiger partial charge in [-0.15, -0.1) is 11.3 Å². The highest BCUT2D eigenvalue weighted by molar-refractivity contribution is 7.22. The third kappa shape index (κ3) is 4.06. The van der Waals surface area contributed by atoms with E-state index >= 15 is 0 Å². The maximum absolute atomic E-state index is 13.9. The lowest BCUT2D eigenvalue weighted by molar-refractivity contribution is -0.136. The van der Waals surface area contributed by atoms with Gasteiger partial charge in [-0.1, -0.05) is 12.1 Å². The fourth-order valence-electron chi connectivity index (χ4n) is 3.09. The Hall–Kier alpha value is -3.58. The van der Waals surface area contributed by atoms with Crippen molar-refractivity contribution >= 4 is 27.4 Å². The number of carboxylic acid groups (broad SMARTS) is 1. The number of ether oxygens (including phenoxy) is 1. The van der Waals surface area contributed by atoms with Crippen LogP contribution in [-0.4, -0.2) is 21.3 Å². The number of aliphatic carboxylic acids is 1. The Morgan fingerprint density at radius 2 is 1.77 bits per heavy atom. The molecule has 7 heteroatoms. The average molecular weight is 424 g/mol. The Bertz CT molecular complexity index is 1230. The summed E-state index contributed by atoms with van der Waals surface area (Å²) in [6.07, 6.45) is 0.476. The Morgan fingerprint density at radius 3 is 2.47 bits per heavy atom. The van der Waals surface area contributed by atoms with Crippen LogP contribution in [0.4, 0.5) is 4.39 Å². The fraction of sp³-hybridized carbons (Fsp3) is 0.0870. The van der Waals surface area contributed by atoms with E-state index in [0.29, 0.717) is 28.4 Å². The first kappa shape index (κ1) is 19.7. The lowest BCUT2D eigenvalue weighted by Crippen LogP contribution is -1.97. The standard InChI is InChI=1S/C23H17FO5S/c24-18-11-14(4-9-19(18)26)23-22(17-8-5-15(25)12-20(17)30-23)29-16-6-1-13(2-7-16)3-10-21(27)28/h1-2,4-9,11-12,25-26H,3,10H2,(H,27,28). The Labute approximate surface area is 175 Å². The number of aromatic hydroxyl groups is 2. The average Bonchev–Trinajstić information content (AvgIpc) is 3.07. The maximum atomic E-state index is 13.9. The van der Waals surface area contributed by atoms with E-state index in [2.05, 4.69) is 0 Å². The number of phenols is 2. The van der Waals surface area contributed by atoms with Crippen molar-refractivity contribution < 1.29 is 29.2 Å². The number of halogens is 1. The van der Waals surface area contributed by atoms with Crippen molar-refractivity contribution in [2.45, 2.75) is 12.8 Å². The number of rotatable bonds is 6. The highest BCUT2D eigenvalue weighted by Gasteiger charge is 2.18. The van der Waals surface area contributed by atoms with Gasteiger partial charge in [0.05, 0.1) is 4.88 Å². The van der Waals surface area contributed by atoms with Gasteiger partial charge < -0.3 is 20.1 Å². The summed E-state index contributed by atoms with van der Waals surface area (Å²) in [4.78, 5) is 11.4. The Balaban J connectivity index is 1.73. The van der Waals surface area contributed by atoms with Gasteiger partial charge in [0.15, 0.2) is 17.3 Å². The van der Waals surface area contributed by atoms with Gasteiger partial charge in [0, 0.05) is 16.5 Å². The smallest absolute Gasteiger partial charge is 0.303 e. The fourth-order valence-corrected chi connectivity index (χ4v) is 4.25. The molecule has 0 saturated heterocycles. The topological polar surface area (TPSA) is 87.0 Å². The number of hydrogen-bond acceptors (Lipinski definition) is 5. The van der Waals surface area contributed by atoms with Crippen LogP contribution in [0.2, 0.25) is 0 Å². The van der Waals surface area contributed by atoms with Crippen LogP contribution in [-0.2, 0) is 11.2 Å². The summed E-state index contributed by atoms with van der Waals surface area (Å²) in [7, 11) is 0. The molecule has 0 amide bonds. The molecular formula is C23H17FO5S. The molecule has 0 unspecified atom stereocenters. The molecule has 3 N–H and O–H groups in total. The van der Waals surface area contributed by atoms with E-state index in [1.807, 2.05) is 0 Å². The molecule has 3 aromatic carbocycles. The van der Waals surface area contributed by atoms with Crippen molar-refractivity contribution in [2.75, 3.05) is 0 Å².